The molecule has 0 radical (unpaired) electrons. The molecule has 3 amide bonds. The normalized spacial score (nSPS) is 26.7. The molecule has 1 aromatic rings. The Labute approximate surface area is 199 Å². The van der Waals surface area contributed by atoms with E-state index in [1.54, 1.807) is 0 Å². The maximum Gasteiger partial charge on any atom is 0.251 e. The number of halogens is 2. The molecule has 0 bridgehead atoms. The lowest BCUT2D eigenvalue weighted by Gasteiger charge is -2.38. The molecule has 0 unspecified atom stereocenters. The highest BCUT2D eigenvalue weighted by atomic mass is 19.3. The fourth-order valence-corrected chi connectivity index (χ4v) is 5.59. The zero-order valence-corrected chi connectivity index (χ0v) is 19.6. The number of hydrogen-bond acceptors (Lipinski definition) is 4. The van der Waals surface area contributed by atoms with Crippen molar-refractivity contribution >= 4 is 17.7 Å². The molecule has 2 heterocycles. The molecule has 3 N–H and O–H groups in total. The third-order valence-corrected chi connectivity index (χ3v) is 7.51. The third-order valence-electron chi connectivity index (χ3n) is 7.51. The number of alkyl halides is 2. The molecule has 5 rings (SSSR count). The van der Waals surface area contributed by atoms with Crippen LogP contribution in [0.5, 0.6) is 0 Å². The Balaban J connectivity index is 0.000000291. The monoisotopic (exact) mass is 475 g/mol. The highest BCUT2D eigenvalue weighted by Crippen LogP contribution is 2.35. The van der Waals surface area contributed by atoms with E-state index in [0.717, 1.165) is 24.0 Å². The van der Waals surface area contributed by atoms with Gasteiger partial charge in [-0.1, -0.05) is 25.0 Å². The molecule has 2 atom stereocenters. The second kappa shape index (κ2) is 10.9. The van der Waals surface area contributed by atoms with Crippen molar-refractivity contribution in [3.05, 3.63) is 34.9 Å². The first-order valence-electron chi connectivity index (χ1n) is 12.7. The van der Waals surface area contributed by atoms with Gasteiger partial charge in [0.25, 0.3) is 5.91 Å². The number of carbonyl (C=O) groups excluding carboxylic acids is 3. The molecule has 0 spiro atoms. The SMILES string of the molecule is O=C1CCCC(=O)N1.O=C1NCc2cc(C[C@H]3CCCC[C@@H]3NC3CCC(F)(F)CC3)ccc21. The smallest absolute Gasteiger partial charge is 0.251 e. The van der Waals surface area contributed by atoms with Crippen LogP contribution in [0.15, 0.2) is 18.2 Å². The van der Waals surface area contributed by atoms with Gasteiger partial charge < -0.3 is 10.6 Å². The molecule has 1 saturated heterocycles. The van der Waals surface area contributed by atoms with Crippen LogP contribution in [0.25, 0.3) is 0 Å². The van der Waals surface area contributed by atoms with Crippen molar-refractivity contribution in [3.8, 4) is 0 Å². The molecule has 6 nitrogen and oxygen atoms in total. The minimum absolute atomic E-state index is 0.0217. The first-order chi connectivity index (χ1) is 16.3. The molecule has 186 valence electrons. The zero-order chi connectivity index (χ0) is 24.1. The summed E-state index contributed by atoms with van der Waals surface area (Å²) >= 11 is 0. The van der Waals surface area contributed by atoms with Crippen LogP contribution in [0, 0.1) is 5.92 Å². The lowest BCUT2D eigenvalue weighted by molar-refractivity contribution is -0.132. The van der Waals surface area contributed by atoms with Crippen molar-refractivity contribution in [2.45, 2.75) is 102 Å². The van der Waals surface area contributed by atoms with E-state index >= 15 is 0 Å². The zero-order valence-electron chi connectivity index (χ0n) is 19.6. The van der Waals surface area contributed by atoms with Crippen LogP contribution in [0.4, 0.5) is 8.78 Å². The Kier molecular flexibility index (Phi) is 7.96. The van der Waals surface area contributed by atoms with E-state index in [1.807, 2.05) is 6.07 Å². The summed E-state index contributed by atoms with van der Waals surface area (Å²) in [4.78, 5) is 32.4. The molecule has 1 aromatic carbocycles. The Hall–Kier alpha value is -2.35. The Morgan fingerprint density at radius 2 is 1.65 bits per heavy atom. The van der Waals surface area contributed by atoms with E-state index in [2.05, 4.69) is 28.1 Å². The Morgan fingerprint density at radius 1 is 0.941 bits per heavy atom. The third kappa shape index (κ3) is 6.62. The minimum Gasteiger partial charge on any atom is -0.348 e. The van der Waals surface area contributed by atoms with Gasteiger partial charge in [-0.05, 0) is 61.6 Å². The van der Waals surface area contributed by atoms with E-state index in [4.69, 9.17) is 0 Å². The highest BCUT2D eigenvalue weighted by Gasteiger charge is 2.36. The molecule has 8 heteroatoms. The van der Waals surface area contributed by atoms with Gasteiger partial charge in [0.2, 0.25) is 17.7 Å². The maximum absolute atomic E-state index is 13.4. The number of piperidine rings is 1. The van der Waals surface area contributed by atoms with E-state index in [9.17, 15) is 23.2 Å². The van der Waals surface area contributed by atoms with Gasteiger partial charge in [0.1, 0.15) is 0 Å². The molecular weight excluding hydrogens is 440 g/mol. The largest absolute Gasteiger partial charge is 0.348 e. The van der Waals surface area contributed by atoms with Crippen molar-refractivity contribution in [1.82, 2.24) is 16.0 Å². The summed E-state index contributed by atoms with van der Waals surface area (Å²) in [7, 11) is 0. The molecular formula is C26H35F2N3O3. The summed E-state index contributed by atoms with van der Waals surface area (Å²) in [6.07, 6.45) is 8.74. The van der Waals surface area contributed by atoms with E-state index in [1.165, 1.54) is 24.8 Å². The summed E-state index contributed by atoms with van der Waals surface area (Å²) in [5.74, 6) is -2.16. The topological polar surface area (TPSA) is 87.3 Å². The predicted molar refractivity (Wildman–Crippen MR) is 124 cm³/mol. The van der Waals surface area contributed by atoms with Crippen LogP contribution in [0.3, 0.4) is 0 Å². The van der Waals surface area contributed by atoms with Gasteiger partial charge in [-0.2, -0.15) is 0 Å². The van der Waals surface area contributed by atoms with Crippen molar-refractivity contribution in [3.63, 3.8) is 0 Å². The van der Waals surface area contributed by atoms with Crippen molar-refractivity contribution in [2.24, 2.45) is 5.92 Å². The molecule has 2 saturated carbocycles. The molecule has 34 heavy (non-hydrogen) atoms. The number of imide groups is 1. The fourth-order valence-electron chi connectivity index (χ4n) is 5.59. The maximum atomic E-state index is 13.4. The van der Waals surface area contributed by atoms with Crippen molar-refractivity contribution in [1.29, 1.82) is 0 Å². The van der Waals surface area contributed by atoms with Gasteiger partial charge in [0.15, 0.2) is 0 Å². The Morgan fingerprint density at radius 3 is 2.32 bits per heavy atom. The van der Waals surface area contributed by atoms with Crippen LogP contribution in [-0.2, 0) is 22.6 Å². The van der Waals surface area contributed by atoms with E-state index < -0.39 is 5.92 Å². The summed E-state index contributed by atoms with van der Waals surface area (Å²) in [6.45, 7) is 0.630. The van der Waals surface area contributed by atoms with Crippen molar-refractivity contribution in [2.75, 3.05) is 0 Å². The number of hydrogen-bond donors (Lipinski definition) is 3. The number of rotatable bonds is 4. The minimum atomic E-state index is -2.46. The van der Waals surface area contributed by atoms with Crippen LogP contribution < -0.4 is 16.0 Å². The number of fused-ring (bicyclic) bond motifs is 1. The Bertz CT molecular complexity index is 897. The van der Waals surface area contributed by atoms with E-state index in [0.29, 0.717) is 50.6 Å². The molecule has 3 fully saturated rings. The predicted octanol–water partition coefficient (Wildman–Crippen LogP) is 4.01. The average Bonchev–Trinajstić information content (AvgIpc) is 3.17. The van der Waals surface area contributed by atoms with Gasteiger partial charge in [-0.25, -0.2) is 8.78 Å². The second-order valence-electron chi connectivity index (χ2n) is 10.2. The number of benzene rings is 1. The molecule has 2 aliphatic carbocycles. The van der Waals surface area contributed by atoms with Crippen molar-refractivity contribution < 1.29 is 23.2 Å². The summed E-state index contributed by atoms with van der Waals surface area (Å²) < 4.78 is 26.8. The summed E-state index contributed by atoms with van der Waals surface area (Å²) in [6, 6.07) is 6.86. The standard InChI is InChI=1S/C21H28F2N2O.C5H7NO2/c22-21(23)9-7-17(8-10-21)25-19-4-2-1-3-15(19)11-14-5-6-18-16(12-14)13-24-20(18)26;7-4-2-1-3-5(8)6-4/h5-6,12,15,17,19,25H,1-4,7-11,13H2,(H,24,26);1-3H2,(H,6,7,8)/t15-,19+;/m1./s1. The fraction of sp³-hybridized carbons (Fsp3) is 0.654. The van der Waals surface area contributed by atoms with Gasteiger partial charge in [0.05, 0.1) is 0 Å². The average molecular weight is 476 g/mol. The first-order valence-corrected chi connectivity index (χ1v) is 12.7. The van der Waals surface area contributed by atoms with Crippen LogP contribution in [0.2, 0.25) is 0 Å². The van der Waals surface area contributed by atoms with Crippen LogP contribution in [0.1, 0.15) is 92.1 Å². The quantitative estimate of drug-likeness (QED) is 0.575. The van der Waals surface area contributed by atoms with Crippen LogP contribution >= 0.6 is 0 Å². The van der Waals surface area contributed by atoms with Gasteiger partial charge in [-0.3, -0.25) is 19.7 Å². The molecule has 2 aliphatic heterocycles. The second-order valence-corrected chi connectivity index (χ2v) is 10.2. The molecule has 4 aliphatic rings. The highest BCUT2D eigenvalue weighted by molar-refractivity contribution is 5.98. The van der Waals surface area contributed by atoms with Gasteiger partial charge in [0, 0.05) is 49.9 Å². The van der Waals surface area contributed by atoms with E-state index in [-0.39, 0.29) is 36.6 Å². The summed E-state index contributed by atoms with van der Waals surface area (Å²) in [5.41, 5.74) is 3.19. The van der Waals surface area contributed by atoms with Crippen LogP contribution in [-0.4, -0.2) is 35.7 Å². The number of carbonyl (C=O) groups is 3. The lowest BCUT2D eigenvalue weighted by atomic mass is 9.79. The number of amides is 3. The molecule has 0 aromatic heterocycles. The first kappa shape index (κ1) is 24.8. The van der Waals surface area contributed by atoms with Gasteiger partial charge in [-0.15, -0.1) is 0 Å². The van der Waals surface area contributed by atoms with Gasteiger partial charge >= 0.3 is 0 Å². The lowest BCUT2D eigenvalue weighted by Crippen LogP contribution is -2.47. The summed E-state index contributed by atoms with van der Waals surface area (Å²) in [5, 5.41) is 8.80. The number of nitrogens with one attached hydrogen (secondary N) is 3.